The molecular weight excluding hydrogens is 232 g/mol. The Kier molecular flexibility index (Phi) is 8.72. The maximum atomic E-state index is 3.75. The number of rotatable bonds is 9. The molecule has 2 nitrogen and oxygen atoms in total. The van der Waals surface area contributed by atoms with Gasteiger partial charge in [-0.2, -0.15) is 0 Å². The van der Waals surface area contributed by atoms with Crippen LogP contribution in [0.25, 0.3) is 0 Å². The first kappa shape index (κ1) is 17.0. The lowest BCUT2D eigenvalue weighted by atomic mass is 9.98. The minimum absolute atomic E-state index is 0.721. The molecule has 2 atom stereocenters. The van der Waals surface area contributed by atoms with Gasteiger partial charge in [0.15, 0.2) is 0 Å². The molecule has 0 saturated carbocycles. The molecule has 1 fully saturated rings. The predicted molar refractivity (Wildman–Crippen MR) is 85.7 cm³/mol. The van der Waals surface area contributed by atoms with E-state index in [1.54, 1.807) is 0 Å². The number of nitrogens with zero attached hydrogens (tertiary/aromatic N) is 1. The second kappa shape index (κ2) is 9.77. The summed E-state index contributed by atoms with van der Waals surface area (Å²) in [5, 5.41) is 3.75. The van der Waals surface area contributed by atoms with Crippen LogP contribution in [-0.2, 0) is 0 Å². The fourth-order valence-corrected chi connectivity index (χ4v) is 3.25. The molecule has 1 rings (SSSR count). The van der Waals surface area contributed by atoms with Gasteiger partial charge in [-0.25, -0.2) is 0 Å². The van der Waals surface area contributed by atoms with Crippen LogP contribution in [0.5, 0.6) is 0 Å². The largest absolute Gasteiger partial charge is 0.311 e. The lowest BCUT2D eigenvalue weighted by Gasteiger charge is -2.40. The molecule has 114 valence electrons. The van der Waals surface area contributed by atoms with E-state index in [9.17, 15) is 0 Å². The van der Waals surface area contributed by atoms with Gasteiger partial charge in [-0.1, -0.05) is 53.4 Å². The second-order valence-electron chi connectivity index (χ2n) is 6.71. The first-order valence-corrected chi connectivity index (χ1v) is 8.64. The molecule has 1 N–H and O–H groups in total. The van der Waals surface area contributed by atoms with Gasteiger partial charge in [0.05, 0.1) is 0 Å². The van der Waals surface area contributed by atoms with Gasteiger partial charge < -0.3 is 5.32 Å². The number of hydrogen-bond acceptors (Lipinski definition) is 2. The third-order valence-electron chi connectivity index (χ3n) is 4.39. The molecule has 1 aliphatic rings. The summed E-state index contributed by atoms with van der Waals surface area (Å²) in [6, 6.07) is 1.49. The van der Waals surface area contributed by atoms with Crippen LogP contribution in [0.15, 0.2) is 0 Å². The topological polar surface area (TPSA) is 15.3 Å². The molecule has 1 aliphatic heterocycles. The van der Waals surface area contributed by atoms with E-state index < -0.39 is 0 Å². The van der Waals surface area contributed by atoms with Crippen molar-refractivity contribution in [1.82, 2.24) is 10.2 Å². The van der Waals surface area contributed by atoms with E-state index in [4.69, 9.17) is 0 Å². The molecule has 0 spiro atoms. The van der Waals surface area contributed by atoms with Crippen LogP contribution in [0.4, 0.5) is 0 Å². The van der Waals surface area contributed by atoms with Crippen molar-refractivity contribution in [2.24, 2.45) is 5.92 Å². The van der Waals surface area contributed by atoms with Crippen LogP contribution in [0.2, 0.25) is 0 Å². The summed E-state index contributed by atoms with van der Waals surface area (Å²) in [5.74, 6) is 0.807. The summed E-state index contributed by atoms with van der Waals surface area (Å²) in [4.78, 5) is 2.76. The van der Waals surface area contributed by atoms with Gasteiger partial charge >= 0.3 is 0 Å². The Morgan fingerprint density at radius 1 is 1.11 bits per heavy atom. The first-order chi connectivity index (χ1) is 9.17. The van der Waals surface area contributed by atoms with Crippen molar-refractivity contribution in [3.05, 3.63) is 0 Å². The van der Waals surface area contributed by atoms with Crippen LogP contribution >= 0.6 is 0 Å². The van der Waals surface area contributed by atoms with Crippen LogP contribution in [0, 0.1) is 5.92 Å². The van der Waals surface area contributed by atoms with E-state index in [1.165, 1.54) is 64.6 Å². The molecule has 0 radical (unpaired) electrons. The molecule has 1 saturated heterocycles. The van der Waals surface area contributed by atoms with Crippen molar-refractivity contribution in [2.75, 3.05) is 19.6 Å². The van der Waals surface area contributed by atoms with Crippen molar-refractivity contribution in [1.29, 1.82) is 0 Å². The normalized spacial score (nSPS) is 25.1. The zero-order chi connectivity index (χ0) is 14.1. The van der Waals surface area contributed by atoms with E-state index in [-0.39, 0.29) is 0 Å². The van der Waals surface area contributed by atoms with Crippen molar-refractivity contribution in [3.8, 4) is 0 Å². The lowest BCUT2D eigenvalue weighted by molar-refractivity contribution is 0.116. The minimum atomic E-state index is 0.721. The van der Waals surface area contributed by atoms with E-state index in [1.807, 2.05) is 0 Å². The average Bonchev–Trinajstić information content (AvgIpc) is 2.38. The zero-order valence-corrected chi connectivity index (χ0v) is 13.8. The van der Waals surface area contributed by atoms with Crippen LogP contribution in [0.1, 0.15) is 72.6 Å². The van der Waals surface area contributed by atoms with Crippen molar-refractivity contribution in [2.45, 2.75) is 84.7 Å². The van der Waals surface area contributed by atoms with Gasteiger partial charge in [0.1, 0.15) is 0 Å². The minimum Gasteiger partial charge on any atom is -0.311 e. The first-order valence-electron chi connectivity index (χ1n) is 8.64. The quantitative estimate of drug-likeness (QED) is 0.635. The van der Waals surface area contributed by atoms with E-state index in [0.29, 0.717) is 0 Å². The third kappa shape index (κ3) is 6.76. The SMILES string of the molecule is CCCCCCCN1CC(CC(C)C)NCC1CC. The van der Waals surface area contributed by atoms with Crippen molar-refractivity contribution < 1.29 is 0 Å². The molecule has 0 aliphatic carbocycles. The fourth-order valence-electron chi connectivity index (χ4n) is 3.25. The molecule has 0 aromatic heterocycles. The molecule has 2 heteroatoms. The number of piperazine rings is 1. The number of hydrogen-bond donors (Lipinski definition) is 1. The highest BCUT2D eigenvalue weighted by Gasteiger charge is 2.26. The molecule has 2 unspecified atom stereocenters. The summed E-state index contributed by atoms with van der Waals surface area (Å²) in [5.41, 5.74) is 0. The third-order valence-corrected chi connectivity index (χ3v) is 4.39. The Bertz CT molecular complexity index is 215. The van der Waals surface area contributed by atoms with Crippen molar-refractivity contribution >= 4 is 0 Å². The summed E-state index contributed by atoms with van der Waals surface area (Å²) in [6.07, 6.45) is 9.61. The number of unbranched alkanes of at least 4 members (excludes halogenated alkanes) is 4. The summed E-state index contributed by atoms with van der Waals surface area (Å²) >= 11 is 0. The maximum absolute atomic E-state index is 3.75. The van der Waals surface area contributed by atoms with Gasteiger partial charge in [0.2, 0.25) is 0 Å². The van der Waals surface area contributed by atoms with Crippen LogP contribution in [-0.4, -0.2) is 36.6 Å². The average molecular weight is 268 g/mol. The molecule has 0 bridgehead atoms. The molecule has 0 aromatic carbocycles. The Labute approximate surface area is 121 Å². The fraction of sp³-hybridized carbons (Fsp3) is 1.00. The van der Waals surface area contributed by atoms with E-state index in [0.717, 1.165) is 18.0 Å². The molecule has 19 heavy (non-hydrogen) atoms. The monoisotopic (exact) mass is 268 g/mol. The zero-order valence-electron chi connectivity index (χ0n) is 13.8. The standard InChI is InChI=1S/C17H36N2/c1-5-7-8-9-10-11-19-14-16(12-15(3)4)18-13-17(19)6-2/h15-18H,5-14H2,1-4H3. The summed E-state index contributed by atoms with van der Waals surface area (Å²) < 4.78 is 0. The number of nitrogens with one attached hydrogen (secondary N) is 1. The van der Waals surface area contributed by atoms with Gasteiger partial charge in [-0.15, -0.1) is 0 Å². The highest BCUT2D eigenvalue weighted by molar-refractivity contribution is 4.85. The Morgan fingerprint density at radius 3 is 2.47 bits per heavy atom. The van der Waals surface area contributed by atoms with E-state index >= 15 is 0 Å². The summed E-state index contributed by atoms with van der Waals surface area (Å²) in [7, 11) is 0. The highest BCUT2D eigenvalue weighted by atomic mass is 15.2. The molecule has 0 aromatic rings. The highest BCUT2D eigenvalue weighted by Crippen LogP contribution is 2.16. The van der Waals surface area contributed by atoms with Crippen molar-refractivity contribution in [3.63, 3.8) is 0 Å². The molecule has 0 amide bonds. The van der Waals surface area contributed by atoms with Crippen LogP contribution < -0.4 is 5.32 Å². The van der Waals surface area contributed by atoms with Gasteiger partial charge in [0.25, 0.3) is 0 Å². The second-order valence-corrected chi connectivity index (χ2v) is 6.71. The van der Waals surface area contributed by atoms with Gasteiger partial charge in [0, 0.05) is 25.2 Å². The smallest absolute Gasteiger partial charge is 0.0218 e. The van der Waals surface area contributed by atoms with Crippen LogP contribution in [0.3, 0.4) is 0 Å². The van der Waals surface area contributed by atoms with Gasteiger partial charge in [-0.3, -0.25) is 4.90 Å². The lowest BCUT2D eigenvalue weighted by Crippen LogP contribution is -2.56. The maximum Gasteiger partial charge on any atom is 0.0218 e. The molecule has 1 heterocycles. The Hall–Kier alpha value is -0.0800. The Morgan fingerprint density at radius 2 is 1.84 bits per heavy atom. The summed E-state index contributed by atoms with van der Waals surface area (Å²) in [6.45, 7) is 13.1. The molecular formula is C17H36N2. The predicted octanol–water partition coefficient (Wildman–Crippen LogP) is 4.06. The van der Waals surface area contributed by atoms with Gasteiger partial charge in [-0.05, 0) is 31.7 Å². The van der Waals surface area contributed by atoms with E-state index in [2.05, 4.69) is 37.9 Å². The Balaban J connectivity index is 2.29.